The van der Waals surface area contributed by atoms with Gasteiger partial charge in [-0.15, -0.1) is 0 Å². The molecule has 1 aliphatic rings. The van der Waals surface area contributed by atoms with Gasteiger partial charge in [0.1, 0.15) is 0 Å². The number of hydrogen-bond acceptors (Lipinski definition) is 3. The summed E-state index contributed by atoms with van der Waals surface area (Å²) in [5.41, 5.74) is 0.888. The summed E-state index contributed by atoms with van der Waals surface area (Å²) in [6, 6.07) is 5.26. The maximum absolute atomic E-state index is 11.2. The maximum atomic E-state index is 11.2. The van der Waals surface area contributed by atoms with Gasteiger partial charge in [0.25, 0.3) is 0 Å². The second kappa shape index (κ2) is 5.25. The number of nitrogens with one attached hydrogen (secondary N) is 1. The fourth-order valence-electron chi connectivity index (χ4n) is 2.12. The molecule has 1 fully saturated rings. The molecular formula is C11H14Cl2N2O2S. The molecule has 1 heterocycles. The molecule has 0 unspecified atom stereocenters. The largest absolute Gasteiger partial charge is 0.369 e. The lowest BCUT2D eigenvalue weighted by Crippen LogP contribution is -2.36. The fraction of sp³-hybridized carbons (Fsp3) is 0.455. The summed E-state index contributed by atoms with van der Waals surface area (Å²) in [6.07, 6.45) is 1.94. The van der Waals surface area contributed by atoms with Gasteiger partial charge in [-0.1, -0.05) is 23.2 Å². The van der Waals surface area contributed by atoms with Gasteiger partial charge in [0, 0.05) is 24.2 Å². The van der Waals surface area contributed by atoms with Crippen LogP contribution in [0.1, 0.15) is 6.42 Å². The summed E-state index contributed by atoms with van der Waals surface area (Å²) >= 11 is 12.0. The van der Waals surface area contributed by atoms with Crippen LogP contribution in [0, 0.1) is 0 Å². The predicted octanol–water partition coefficient (Wildman–Crippen LogP) is 2.12. The SMILES string of the molecule is CS(=O)(=O)N[C@@H]1CCN(c2ccc(Cl)cc2Cl)C1. The van der Waals surface area contributed by atoms with Crippen molar-refractivity contribution in [3.8, 4) is 0 Å². The van der Waals surface area contributed by atoms with Gasteiger partial charge in [-0.05, 0) is 24.6 Å². The Morgan fingerprint density at radius 3 is 2.72 bits per heavy atom. The van der Waals surface area contributed by atoms with E-state index in [-0.39, 0.29) is 6.04 Å². The van der Waals surface area contributed by atoms with Gasteiger partial charge < -0.3 is 4.90 Å². The second-order valence-electron chi connectivity index (χ2n) is 4.42. The number of sulfonamides is 1. The van der Waals surface area contributed by atoms with Crippen molar-refractivity contribution in [3.05, 3.63) is 28.2 Å². The molecule has 0 amide bonds. The number of nitrogens with zero attached hydrogens (tertiary/aromatic N) is 1. The van der Waals surface area contributed by atoms with Crippen molar-refractivity contribution >= 4 is 38.9 Å². The molecule has 1 aromatic carbocycles. The Hall–Kier alpha value is -0.490. The smallest absolute Gasteiger partial charge is 0.209 e. The third-order valence-electron chi connectivity index (χ3n) is 2.82. The van der Waals surface area contributed by atoms with Crippen molar-refractivity contribution in [2.24, 2.45) is 0 Å². The summed E-state index contributed by atoms with van der Waals surface area (Å²) < 4.78 is 24.9. The molecule has 7 heteroatoms. The van der Waals surface area contributed by atoms with Crippen molar-refractivity contribution in [1.82, 2.24) is 4.72 Å². The van der Waals surface area contributed by atoms with Crippen LogP contribution in [0.25, 0.3) is 0 Å². The summed E-state index contributed by atoms with van der Waals surface area (Å²) in [5.74, 6) is 0. The number of anilines is 1. The number of hydrogen-bond donors (Lipinski definition) is 1. The molecule has 1 aromatic rings. The zero-order chi connectivity index (χ0) is 13.3. The predicted molar refractivity (Wildman–Crippen MR) is 75.1 cm³/mol. The summed E-state index contributed by atoms with van der Waals surface area (Å²) in [7, 11) is -3.16. The van der Waals surface area contributed by atoms with Crippen molar-refractivity contribution in [2.45, 2.75) is 12.5 Å². The standard InChI is InChI=1S/C11H14Cl2N2O2S/c1-18(16,17)14-9-4-5-15(7-9)11-3-2-8(12)6-10(11)13/h2-3,6,9,14H,4-5,7H2,1H3/t9-/m1/s1. The first-order valence-electron chi connectivity index (χ1n) is 5.52. The molecule has 0 spiro atoms. The topological polar surface area (TPSA) is 49.4 Å². The highest BCUT2D eigenvalue weighted by molar-refractivity contribution is 7.88. The van der Waals surface area contributed by atoms with E-state index in [1.54, 1.807) is 12.1 Å². The first-order chi connectivity index (χ1) is 8.35. The van der Waals surface area contributed by atoms with Crippen LogP contribution in [-0.4, -0.2) is 33.8 Å². The van der Waals surface area contributed by atoms with Gasteiger partial charge in [0.2, 0.25) is 10.0 Å². The minimum Gasteiger partial charge on any atom is -0.369 e. The highest BCUT2D eigenvalue weighted by Crippen LogP contribution is 2.31. The Morgan fingerprint density at radius 1 is 1.39 bits per heavy atom. The first-order valence-corrected chi connectivity index (χ1v) is 8.17. The zero-order valence-corrected chi connectivity index (χ0v) is 12.2. The van der Waals surface area contributed by atoms with Gasteiger partial charge in [0.15, 0.2) is 0 Å². The minimum absolute atomic E-state index is 0.0632. The van der Waals surface area contributed by atoms with Crippen LogP contribution in [0.5, 0.6) is 0 Å². The maximum Gasteiger partial charge on any atom is 0.209 e. The van der Waals surface area contributed by atoms with Gasteiger partial charge >= 0.3 is 0 Å². The molecular weight excluding hydrogens is 295 g/mol. The van der Waals surface area contributed by atoms with Crippen LogP contribution in [0.2, 0.25) is 10.0 Å². The molecule has 0 aliphatic carbocycles. The Kier molecular flexibility index (Phi) is 4.06. The van der Waals surface area contributed by atoms with E-state index < -0.39 is 10.0 Å². The normalized spacial score (nSPS) is 20.4. The minimum atomic E-state index is -3.16. The molecule has 0 radical (unpaired) electrons. The molecule has 1 saturated heterocycles. The Bertz CT molecular complexity index is 548. The number of halogens is 2. The molecule has 0 bridgehead atoms. The number of benzene rings is 1. The highest BCUT2D eigenvalue weighted by Gasteiger charge is 2.26. The second-order valence-corrected chi connectivity index (χ2v) is 7.04. The Morgan fingerprint density at radius 2 is 2.11 bits per heavy atom. The summed E-state index contributed by atoms with van der Waals surface area (Å²) in [4.78, 5) is 2.06. The van der Waals surface area contributed by atoms with Crippen LogP contribution in [0.3, 0.4) is 0 Å². The lowest BCUT2D eigenvalue weighted by molar-refractivity contribution is 0.567. The molecule has 0 saturated carbocycles. The third-order valence-corrected chi connectivity index (χ3v) is 4.12. The van der Waals surface area contributed by atoms with Crippen molar-refractivity contribution in [3.63, 3.8) is 0 Å². The quantitative estimate of drug-likeness (QED) is 0.930. The molecule has 100 valence electrons. The van der Waals surface area contributed by atoms with Crippen LogP contribution < -0.4 is 9.62 Å². The van der Waals surface area contributed by atoms with Gasteiger partial charge in [-0.3, -0.25) is 0 Å². The van der Waals surface area contributed by atoms with E-state index in [0.717, 1.165) is 18.7 Å². The molecule has 4 nitrogen and oxygen atoms in total. The van der Waals surface area contributed by atoms with E-state index in [2.05, 4.69) is 9.62 Å². The number of rotatable bonds is 3. The zero-order valence-electron chi connectivity index (χ0n) is 9.86. The van der Waals surface area contributed by atoms with E-state index in [4.69, 9.17) is 23.2 Å². The van der Waals surface area contributed by atoms with Gasteiger partial charge in [-0.25, -0.2) is 13.1 Å². The van der Waals surface area contributed by atoms with Crippen LogP contribution >= 0.6 is 23.2 Å². The lowest BCUT2D eigenvalue weighted by Gasteiger charge is -2.20. The molecule has 1 atom stereocenters. The Balaban J connectivity index is 2.09. The van der Waals surface area contributed by atoms with E-state index in [0.29, 0.717) is 16.6 Å². The van der Waals surface area contributed by atoms with Gasteiger partial charge in [-0.2, -0.15) is 0 Å². The molecule has 0 aromatic heterocycles. The van der Waals surface area contributed by atoms with Crippen molar-refractivity contribution in [1.29, 1.82) is 0 Å². The van der Waals surface area contributed by atoms with E-state index in [1.807, 2.05) is 6.07 Å². The Labute approximate surface area is 117 Å². The van der Waals surface area contributed by atoms with Crippen molar-refractivity contribution < 1.29 is 8.42 Å². The van der Waals surface area contributed by atoms with Gasteiger partial charge in [0.05, 0.1) is 17.0 Å². The van der Waals surface area contributed by atoms with E-state index in [1.165, 1.54) is 6.26 Å². The summed E-state index contributed by atoms with van der Waals surface area (Å²) in [5, 5.41) is 1.18. The fourth-order valence-corrected chi connectivity index (χ4v) is 3.44. The van der Waals surface area contributed by atoms with E-state index >= 15 is 0 Å². The average Bonchev–Trinajstić information content (AvgIpc) is 2.63. The molecule has 18 heavy (non-hydrogen) atoms. The highest BCUT2D eigenvalue weighted by atomic mass is 35.5. The lowest BCUT2D eigenvalue weighted by atomic mass is 10.3. The van der Waals surface area contributed by atoms with Crippen LogP contribution in [0.4, 0.5) is 5.69 Å². The van der Waals surface area contributed by atoms with Crippen LogP contribution in [-0.2, 0) is 10.0 Å². The monoisotopic (exact) mass is 308 g/mol. The molecule has 1 aliphatic heterocycles. The molecule has 2 rings (SSSR count). The first kappa shape index (κ1) is 13.9. The average molecular weight is 309 g/mol. The third kappa shape index (κ3) is 3.51. The van der Waals surface area contributed by atoms with Crippen molar-refractivity contribution in [2.75, 3.05) is 24.2 Å². The van der Waals surface area contributed by atoms with Crippen LogP contribution in [0.15, 0.2) is 18.2 Å². The molecule has 1 N–H and O–H groups in total. The summed E-state index contributed by atoms with van der Waals surface area (Å²) in [6.45, 7) is 1.39. The van der Waals surface area contributed by atoms with E-state index in [9.17, 15) is 8.42 Å².